The van der Waals surface area contributed by atoms with E-state index in [1.165, 1.54) is 6.08 Å². The Morgan fingerprint density at radius 1 is 1.50 bits per heavy atom. The second-order valence-corrected chi connectivity index (χ2v) is 6.85. The van der Waals surface area contributed by atoms with Crippen LogP contribution in [0.15, 0.2) is 12.7 Å². The Morgan fingerprint density at radius 3 is 2.56 bits per heavy atom. The molecule has 0 aromatic carbocycles. The maximum absolute atomic E-state index is 10.9. The van der Waals surface area contributed by atoms with E-state index in [1.54, 1.807) is 14.2 Å². The number of carbonyl (C=O) groups excluding carboxylic acids is 1. The van der Waals surface area contributed by atoms with Crippen LogP contribution in [-0.2, 0) is 18.1 Å². The number of nitrogens with two attached hydrogens (primary N) is 1. The van der Waals surface area contributed by atoms with Gasteiger partial charge in [0, 0.05) is 39.5 Å². The van der Waals surface area contributed by atoms with E-state index in [0.717, 1.165) is 0 Å². The Bertz CT molecular complexity index is 257. The van der Waals surface area contributed by atoms with Gasteiger partial charge in [-0.15, -0.1) is 0 Å². The van der Waals surface area contributed by atoms with Crippen molar-refractivity contribution >= 4 is 14.7 Å². The van der Waals surface area contributed by atoms with Crippen LogP contribution in [0.25, 0.3) is 0 Å². The Hall–Kier alpha value is -0.733. The summed E-state index contributed by atoms with van der Waals surface area (Å²) in [7, 11) is 0.484. The minimum atomic E-state index is -2.65. The largest absolute Gasteiger partial charge is 0.501 e. The fourth-order valence-corrected chi connectivity index (χ4v) is 3.50. The van der Waals surface area contributed by atoms with Crippen LogP contribution in [0, 0.1) is 0 Å². The Labute approximate surface area is 110 Å². The maximum Gasteiger partial charge on any atom is 0.501 e. The minimum absolute atomic E-state index is 0.0444. The van der Waals surface area contributed by atoms with Crippen molar-refractivity contribution in [2.45, 2.75) is 25.4 Å². The van der Waals surface area contributed by atoms with Gasteiger partial charge in [0.05, 0.1) is 0 Å². The Morgan fingerprint density at radius 2 is 2.11 bits per heavy atom. The van der Waals surface area contributed by atoms with Crippen molar-refractivity contribution in [3.8, 4) is 0 Å². The number of hydrogen-bond acceptors (Lipinski definition) is 5. The molecule has 0 saturated carbocycles. The maximum atomic E-state index is 10.9. The van der Waals surface area contributed by atoms with Crippen molar-refractivity contribution in [2.24, 2.45) is 5.73 Å². The first-order valence-corrected chi connectivity index (χ1v) is 7.83. The zero-order valence-corrected chi connectivity index (χ0v) is 12.4. The number of amides is 1. The number of hydrogen-bond donors (Lipinski definition) is 2. The average molecular weight is 276 g/mol. The summed E-state index contributed by atoms with van der Waals surface area (Å²) in [6, 6.07) is 0.524. The highest BCUT2D eigenvalue weighted by molar-refractivity contribution is 6.60. The summed E-state index contributed by atoms with van der Waals surface area (Å²) >= 11 is 0. The molecule has 0 spiro atoms. The topological polar surface area (TPSA) is 82.8 Å². The molecule has 1 atom stereocenters. The van der Waals surface area contributed by atoms with Gasteiger partial charge in [0.15, 0.2) is 0 Å². The van der Waals surface area contributed by atoms with Gasteiger partial charge in [-0.1, -0.05) is 6.58 Å². The van der Waals surface area contributed by atoms with Gasteiger partial charge in [-0.3, -0.25) is 4.79 Å². The average Bonchev–Trinajstić information content (AvgIpc) is 2.36. The summed E-state index contributed by atoms with van der Waals surface area (Å²) in [6.45, 7) is 6.24. The van der Waals surface area contributed by atoms with Gasteiger partial charge in [0.1, 0.15) is 0 Å². The first-order chi connectivity index (χ1) is 8.49. The van der Waals surface area contributed by atoms with Gasteiger partial charge in [-0.25, -0.2) is 0 Å². The van der Waals surface area contributed by atoms with Crippen molar-refractivity contribution in [3.63, 3.8) is 0 Å². The molecule has 6 nitrogen and oxygen atoms in total. The second kappa shape index (κ2) is 9.23. The van der Waals surface area contributed by atoms with Crippen LogP contribution in [0.1, 0.15) is 13.3 Å². The molecule has 0 rings (SSSR count). The van der Waals surface area contributed by atoms with Crippen LogP contribution < -0.4 is 11.1 Å². The summed E-state index contributed by atoms with van der Waals surface area (Å²) in [5.74, 6) is -0.187. The van der Waals surface area contributed by atoms with Gasteiger partial charge in [0.2, 0.25) is 5.91 Å². The van der Waals surface area contributed by atoms with Gasteiger partial charge >= 0.3 is 8.80 Å². The van der Waals surface area contributed by atoms with E-state index in [9.17, 15) is 4.79 Å². The van der Waals surface area contributed by atoms with Gasteiger partial charge in [-0.2, -0.15) is 0 Å². The lowest BCUT2D eigenvalue weighted by Gasteiger charge is -2.27. The van der Waals surface area contributed by atoms with Gasteiger partial charge in [-0.05, 0) is 19.4 Å². The molecule has 1 unspecified atom stereocenters. The zero-order valence-electron chi connectivity index (χ0n) is 11.4. The smallest absolute Gasteiger partial charge is 0.377 e. The van der Waals surface area contributed by atoms with Crippen molar-refractivity contribution in [1.29, 1.82) is 0 Å². The zero-order chi connectivity index (χ0) is 14.0. The van der Waals surface area contributed by atoms with E-state index in [2.05, 4.69) is 11.9 Å². The minimum Gasteiger partial charge on any atom is -0.377 e. The fourth-order valence-electron chi connectivity index (χ4n) is 1.40. The molecule has 7 heteroatoms. The predicted octanol–water partition coefficient (Wildman–Crippen LogP) is 0.274. The summed E-state index contributed by atoms with van der Waals surface area (Å²) in [6.07, 6.45) is 1.92. The summed E-state index contributed by atoms with van der Waals surface area (Å²) in [5.41, 5.74) is 5.74. The quantitative estimate of drug-likeness (QED) is 0.340. The van der Waals surface area contributed by atoms with Gasteiger partial charge < -0.3 is 24.3 Å². The molecule has 0 fully saturated rings. The van der Waals surface area contributed by atoms with Crippen molar-refractivity contribution in [1.82, 2.24) is 5.32 Å². The fraction of sp³-hybridized carbons (Fsp3) is 0.727. The molecule has 0 aromatic rings. The molecule has 0 aliphatic rings. The normalized spacial score (nSPS) is 13.1. The first kappa shape index (κ1) is 17.3. The van der Waals surface area contributed by atoms with Crippen LogP contribution in [0.4, 0.5) is 0 Å². The highest BCUT2D eigenvalue weighted by Crippen LogP contribution is 2.15. The van der Waals surface area contributed by atoms with E-state index < -0.39 is 8.80 Å². The molecule has 1 amide bonds. The van der Waals surface area contributed by atoms with E-state index >= 15 is 0 Å². The third-order valence-corrected chi connectivity index (χ3v) is 5.35. The van der Waals surface area contributed by atoms with Crippen LogP contribution in [-0.4, -0.2) is 48.1 Å². The molecule has 3 N–H and O–H groups in total. The van der Waals surface area contributed by atoms with Crippen molar-refractivity contribution in [2.75, 3.05) is 27.4 Å². The first-order valence-electron chi connectivity index (χ1n) is 5.89. The van der Waals surface area contributed by atoms with E-state index in [4.69, 9.17) is 19.0 Å². The van der Waals surface area contributed by atoms with E-state index in [-0.39, 0.29) is 11.9 Å². The number of nitrogens with one attached hydrogen (secondary N) is 1. The monoisotopic (exact) mass is 276 g/mol. The molecule has 0 bridgehead atoms. The third-order valence-electron chi connectivity index (χ3n) is 2.32. The number of rotatable bonds is 10. The van der Waals surface area contributed by atoms with Crippen LogP contribution >= 0.6 is 0 Å². The molecule has 0 heterocycles. The molecule has 18 heavy (non-hydrogen) atoms. The molecular formula is C11H24N2O4Si. The number of carbonyl (C=O) groups is 1. The summed E-state index contributed by atoms with van der Waals surface area (Å²) in [4.78, 5) is 10.9. The summed E-state index contributed by atoms with van der Waals surface area (Å²) < 4.78 is 16.4. The van der Waals surface area contributed by atoms with Crippen molar-refractivity contribution in [3.05, 3.63) is 12.7 Å². The summed E-state index contributed by atoms with van der Waals surface area (Å²) in [5, 5.41) is 2.67. The standard InChI is InChI=1S/C11H24N2O4Si/c1-5-11(14)13-7-6-8-17-18(15-3,16-4)9-10(2)12/h5,10H,1,6-9,12H2,2-4H3,(H,13,14). The highest BCUT2D eigenvalue weighted by Gasteiger charge is 2.39. The Balaban J connectivity index is 3.97. The molecule has 0 aliphatic heterocycles. The molecule has 106 valence electrons. The van der Waals surface area contributed by atoms with E-state index in [1.807, 2.05) is 6.92 Å². The molecular weight excluding hydrogens is 252 g/mol. The third kappa shape index (κ3) is 6.87. The lowest BCUT2D eigenvalue weighted by molar-refractivity contribution is -0.116. The second-order valence-electron chi connectivity index (χ2n) is 3.97. The highest BCUT2D eigenvalue weighted by atomic mass is 28.4. The lowest BCUT2D eigenvalue weighted by Crippen LogP contribution is -2.48. The molecule has 0 aromatic heterocycles. The van der Waals surface area contributed by atoms with Crippen LogP contribution in [0.2, 0.25) is 6.04 Å². The van der Waals surface area contributed by atoms with Crippen LogP contribution in [0.3, 0.4) is 0 Å². The van der Waals surface area contributed by atoms with Crippen molar-refractivity contribution < 1.29 is 18.1 Å². The van der Waals surface area contributed by atoms with Gasteiger partial charge in [0.25, 0.3) is 0 Å². The lowest BCUT2D eigenvalue weighted by atomic mass is 10.4. The Kier molecular flexibility index (Phi) is 8.85. The SMILES string of the molecule is C=CC(=O)NCCCO[Si](CC(C)N)(OC)OC. The predicted molar refractivity (Wildman–Crippen MR) is 72.0 cm³/mol. The molecule has 0 radical (unpaired) electrons. The van der Waals surface area contributed by atoms with Crippen LogP contribution in [0.5, 0.6) is 0 Å². The molecule has 0 aliphatic carbocycles. The molecule has 0 saturated heterocycles. The van der Waals surface area contributed by atoms with E-state index in [0.29, 0.717) is 25.6 Å².